The second-order valence-electron chi connectivity index (χ2n) is 5.01. The van der Waals surface area contributed by atoms with Crippen LogP contribution in [0.1, 0.15) is 5.56 Å². The van der Waals surface area contributed by atoms with Crippen molar-refractivity contribution in [3.05, 3.63) is 52.5 Å². The van der Waals surface area contributed by atoms with Gasteiger partial charge in [0.25, 0.3) is 0 Å². The predicted molar refractivity (Wildman–Crippen MR) is 96.4 cm³/mol. The zero-order valence-electron chi connectivity index (χ0n) is 12.6. The van der Waals surface area contributed by atoms with Gasteiger partial charge in [0, 0.05) is 15.8 Å². The van der Waals surface area contributed by atoms with Gasteiger partial charge in [-0.1, -0.05) is 6.07 Å². The maximum atomic E-state index is 12.0. The first-order chi connectivity index (χ1) is 10.7. The van der Waals surface area contributed by atoms with Gasteiger partial charge in [-0.25, -0.2) is 13.2 Å². The fourth-order valence-electron chi connectivity index (χ4n) is 1.84. The van der Waals surface area contributed by atoms with Crippen molar-refractivity contribution in [2.24, 2.45) is 0 Å². The first-order valence-electron chi connectivity index (χ1n) is 6.65. The van der Waals surface area contributed by atoms with E-state index in [0.29, 0.717) is 17.1 Å². The molecule has 2 aromatic carbocycles. The van der Waals surface area contributed by atoms with Gasteiger partial charge in [0.05, 0.1) is 11.9 Å². The highest BCUT2D eigenvalue weighted by molar-refractivity contribution is 9.10. The minimum atomic E-state index is -3.32. The number of rotatable bonds is 4. The number of amides is 2. The zero-order valence-corrected chi connectivity index (χ0v) is 15.0. The molecule has 0 aromatic heterocycles. The average molecular weight is 398 g/mol. The van der Waals surface area contributed by atoms with Crippen LogP contribution < -0.4 is 15.4 Å². The lowest BCUT2D eigenvalue weighted by Crippen LogP contribution is -2.19. The van der Waals surface area contributed by atoms with Crippen molar-refractivity contribution in [3.63, 3.8) is 0 Å². The van der Waals surface area contributed by atoms with Gasteiger partial charge >= 0.3 is 6.03 Å². The molecule has 0 heterocycles. The smallest absolute Gasteiger partial charge is 0.308 e. The molecule has 0 aliphatic rings. The van der Waals surface area contributed by atoms with Crippen molar-refractivity contribution < 1.29 is 13.2 Å². The Bertz CT molecular complexity index is 820. The molecule has 0 spiro atoms. The largest absolute Gasteiger partial charge is 0.323 e. The Morgan fingerprint density at radius 2 is 1.61 bits per heavy atom. The van der Waals surface area contributed by atoms with Crippen LogP contribution in [-0.4, -0.2) is 20.7 Å². The Morgan fingerprint density at radius 1 is 1.00 bits per heavy atom. The molecule has 122 valence electrons. The monoisotopic (exact) mass is 397 g/mol. The Hall–Kier alpha value is -2.06. The Morgan fingerprint density at radius 3 is 2.17 bits per heavy atom. The van der Waals surface area contributed by atoms with Crippen LogP contribution in [0, 0.1) is 6.92 Å². The molecule has 0 fully saturated rings. The van der Waals surface area contributed by atoms with Crippen LogP contribution in [0.25, 0.3) is 0 Å². The van der Waals surface area contributed by atoms with Crippen molar-refractivity contribution >= 4 is 49.0 Å². The number of hydrogen-bond acceptors (Lipinski definition) is 3. The number of urea groups is 1. The molecule has 0 atom stereocenters. The van der Waals surface area contributed by atoms with E-state index in [0.717, 1.165) is 16.3 Å². The number of benzene rings is 2. The number of nitrogens with one attached hydrogen (secondary N) is 3. The highest BCUT2D eigenvalue weighted by Crippen LogP contribution is 2.23. The third kappa shape index (κ3) is 5.57. The Labute approximate surface area is 143 Å². The summed E-state index contributed by atoms with van der Waals surface area (Å²) in [6.45, 7) is 1.96. The van der Waals surface area contributed by atoms with E-state index in [4.69, 9.17) is 0 Å². The maximum Gasteiger partial charge on any atom is 0.323 e. The fraction of sp³-hybridized carbons (Fsp3) is 0.133. The molecule has 0 saturated heterocycles. The van der Waals surface area contributed by atoms with Crippen molar-refractivity contribution in [1.82, 2.24) is 0 Å². The van der Waals surface area contributed by atoms with Gasteiger partial charge in [0.15, 0.2) is 0 Å². The SMILES string of the molecule is Cc1ccc(NC(=O)Nc2ccc(NS(C)(=O)=O)cc2)c(Br)c1. The lowest BCUT2D eigenvalue weighted by atomic mass is 10.2. The van der Waals surface area contributed by atoms with Crippen LogP contribution in [0.15, 0.2) is 46.9 Å². The lowest BCUT2D eigenvalue weighted by Gasteiger charge is -2.10. The van der Waals surface area contributed by atoms with Crippen LogP contribution in [0.3, 0.4) is 0 Å². The number of aryl methyl sites for hydroxylation is 1. The molecule has 0 unspecified atom stereocenters. The number of halogens is 1. The van der Waals surface area contributed by atoms with Crippen molar-refractivity contribution in [3.8, 4) is 0 Å². The molecule has 23 heavy (non-hydrogen) atoms. The molecule has 2 rings (SSSR count). The number of carbonyl (C=O) groups excluding carboxylic acids is 1. The molecule has 0 aliphatic carbocycles. The summed E-state index contributed by atoms with van der Waals surface area (Å²) in [5.74, 6) is 0. The summed E-state index contributed by atoms with van der Waals surface area (Å²) in [6, 6.07) is 11.6. The van der Waals surface area contributed by atoms with E-state index in [1.807, 2.05) is 19.1 Å². The third-order valence-electron chi connectivity index (χ3n) is 2.82. The van der Waals surface area contributed by atoms with E-state index < -0.39 is 16.1 Å². The highest BCUT2D eigenvalue weighted by Gasteiger charge is 2.07. The quantitative estimate of drug-likeness (QED) is 0.733. The van der Waals surface area contributed by atoms with Gasteiger partial charge in [0.1, 0.15) is 0 Å². The summed E-state index contributed by atoms with van der Waals surface area (Å²) in [4.78, 5) is 12.0. The maximum absolute atomic E-state index is 12.0. The van der Waals surface area contributed by atoms with Crippen molar-refractivity contribution in [2.75, 3.05) is 21.6 Å². The van der Waals surface area contributed by atoms with Gasteiger partial charge < -0.3 is 10.6 Å². The molecule has 2 aromatic rings. The number of hydrogen-bond donors (Lipinski definition) is 3. The van der Waals surface area contributed by atoms with Crippen molar-refractivity contribution in [2.45, 2.75) is 6.92 Å². The number of anilines is 3. The molecule has 3 N–H and O–H groups in total. The summed E-state index contributed by atoms with van der Waals surface area (Å²) in [6.07, 6.45) is 1.08. The lowest BCUT2D eigenvalue weighted by molar-refractivity contribution is 0.262. The Kier molecular flexibility index (Phi) is 5.27. The van der Waals surface area contributed by atoms with Crippen LogP contribution in [-0.2, 0) is 10.0 Å². The number of sulfonamides is 1. The van der Waals surface area contributed by atoms with Crippen LogP contribution in [0.4, 0.5) is 21.9 Å². The minimum absolute atomic E-state index is 0.390. The Balaban J connectivity index is 2.00. The average Bonchev–Trinajstić information content (AvgIpc) is 2.42. The van der Waals surface area contributed by atoms with Gasteiger partial charge in [-0.15, -0.1) is 0 Å². The van der Waals surface area contributed by atoms with Crippen LogP contribution in [0.5, 0.6) is 0 Å². The topological polar surface area (TPSA) is 87.3 Å². The molecular formula is C15H16BrN3O3S. The van der Waals surface area contributed by atoms with Crippen molar-refractivity contribution in [1.29, 1.82) is 0 Å². The summed E-state index contributed by atoms with van der Waals surface area (Å²) in [5.41, 5.74) is 2.71. The summed E-state index contributed by atoms with van der Waals surface area (Å²) in [5, 5.41) is 5.40. The van der Waals surface area contributed by atoms with Crippen LogP contribution >= 0.6 is 15.9 Å². The first kappa shape index (κ1) is 17.3. The highest BCUT2D eigenvalue weighted by atomic mass is 79.9. The summed E-state index contributed by atoms with van der Waals surface area (Å²) >= 11 is 3.39. The number of carbonyl (C=O) groups is 1. The van der Waals surface area contributed by atoms with E-state index in [9.17, 15) is 13.2 Å². The summed E-state index contributed by atoms with van der Waals surface area (Å²) < 4.78 is 25.4. The molecular weight excluding hydrogens is 382 g/mol. The van der Waals surface area contributed by atoms with Gasteiger partial charge in [-0.2, -0.15) is 0 Å². The molecule has 8 heteroatoms. The molecule has 2 amide bonds. The molecule has 0 radical (unpaired) electrons. The summed E-state index contributed by atoms with van der Waals surface area (Å²) in [7, 11) is -3.32. The molecule has 0 saturated carbocycles. The van der Waals surface area contributed by atoms with Gasteiger partial charge in [-0.3, -0.25) is 4.72 Å². The van der Waals surface area contributed by atoms with Gasteiger partial charge in [0.2, 0.25) is 10.0 Å². The van der Waals surface area contributed by atoms with E-state index in [1.54, 1.807) is 30.3 Å². The van der Waals surface area contributed by atoms with E-state index in [-0.39, 0.29) is 0 Å². The zero-order chi connectivity index (χ0) is 17.0. The first-order valence-corrected chi connectivity index (χ1v) is 9.33. The molecule has 6 nitrogen and oxygen atoms in total. The normalized spacial score (nSPS) is 10.9. The minimum Gasteiger partial charge on any atom is -0.308 e. The fourth-order valence-corrected chi connectivity index (χ4v) is 3.00. The van der Waals surface area contributed by atoms with E-state index >= 15 is 0 Å². The second kappa shape index (κ2) is 7.01. The third-order valence-corrected chi connectivity index (χ3v) is 4.08. The van der Waals surface area contributed by atoms with Crippen LogP contribution in [0.2, 0.25) is 0 Å². The standard InChI is InChI=1S/C15H16BrN3O3S/c1-10-3-8-14(13(16)9-10)18-15(20)17-11-4-6-12(7-5-11)19-23(2,21)22/h3-9,19H,1-2H3,(H2,17,18,20). The second-order valence-corrected chi connectivity index (χ2v) is 7.62. The van der Waals surface area contributed by atoms with Gasteiger partial charge in [-0.05, 0) is 64.8 Å². The van der Waals surface area contributed by atoms with E-state index in [1.165, 1.54) is 0 Å². The predicted octanol–water partition coefficient (Wildman–Crippen LogP) is 3.77. The molecule has 0 aliphatic heterocycles. The van der Waals surface area contributed by atoms with E-state index in [2.05, 4.69) is 31.3 Å². The molecule has 0 bridgehead atoms.